The zero-order chi connectivity index (χ0) is 12.1. The molecule has 0 saturated carbocycles. The Morgan fingerprint density at radius 2 is 2.06 bits per heavy atom. The fraction of sp³-hybridized carbons (Fsp3) is 1.00. The van der Waals surface area contributed by atoms with Crippen LogP contribution in [0.2, 0.25) is 0 Å². The van der Waals surface area contributed by atoms with Crippen molar-refractivity contribution in [3.05, 3.63) is 0 Å². The highest BCUT2D eigenvalue weighted by molar-refractivity contribution is 4.82. The topological polar surface area (TPSA) is 49.5 Å². The number of piperidine rings is 1. The molecule has 0 radical (unpaired) electrons. The third-order valence-electron chi connectivity index (χ3n) is 3.53. The van der Waals surface area contributed by atoms with Gasteiger partial charge in [0.1, 0.15) is 0 Å². The van der Waals surface area contributed by atoms with E-state index in [1.165, 1.54) is 6.42 Å². The van der Waals surface area contributed by atoms with Gasteiger partial charge in [0.05, 0.1) is 6.10 Å². The van der Waals surface area contributed by atoms with E-state index < -0.39 is 0 Å². The average molecular weight is 228 g/mol. The lowest BCUT2D eigenvalue weighted by molar-refractivity contribution is 0.0662. The number of likely N-dealkylation sites (tertiary alicyclic amines) is 1. The highest BCUT2D eigenvalue weighted by Crippen LogP contribution is 2.23. The smallest absolute Gasteiger partial charge is 0.0566 e. The fourth-order valence-corrected chi connectivity index (χ4v) is 2.63. The minimum absolute atomic E-state index is 0.168. The van der Waals surface area contributed by atoms with Crippen LogP contribution < -0.4 is 5.73 Å². The lowest BCUT2D eigenvalue weighted by Gasteiger charge is -2.37. The number of hydrogen-bond donors (Lipinski definition) is 2. The molecule has 0 bridgehead atoms. The van der Waals surface area contributed by atoms with Crippen LogP contribution in [0.4, 0.5) is 0 Å². The molecule has 1 saturated heterocycles. The van der Waals surface area contributed by atoms with Gasteiger partial charge in [-0.3, -0.25) is 0 Å². The number of nitrogens with zero attached hydrogens (tertiary/aromatic N) is 1. The van der Waals surface area contributed by atoms with Crippen LogP contribution in [0.25, 0.3) is 0 Å². The molecule has 3 N–H and O–H groups in total. The van der Waals surface area contributed by atoms with Gasteiger partial charge in [0, 0.05) is 19.1 Å². The summed E-state index contributed by atoms with van der Waals surface area (Å²) in [6, 6.07) is 0.296. The molecular weight excluding hydrogens is 200 g/mol. The van der Waals surface area contributed by atoms with Gasteiger partial charge in [-0.15, -0.1) is 0 Å². The van der Waals surface area contributed by atoms with E-state index in [-0.39, 0.29) is 6.10 Å². The van der Waals surface area contributed by atoms with Gasteiger partial charge in [0.2, 0.25) is 0 Å². The second-order valence-electron chi connectivity index (χ2n) is 5.67. The van der Waals surface area contributed by atoms with Gasteiger partial charge in [-0.2, -0.15) is 0 Å². The summed E-state index contributed by atoms with van der Waals surface area (Å²) in [5, 5.41) is 9.92. The van der Waals surface area contributed by atoms with Gasteiger partial charge >= 0.3 is 0 Å². The third kappa shape index (κ3) is 4.40. The summed E-state index contributed by atoms with van der Waals surface area (Å²) in [6.07, 6.45) is 3.00. The normalized spacial score (nSPS) is 29.6. The lowest BCUT2D eigenvalue weighted by atomic mass is 9.87. The predicted octanol–water partition coefficient (Wildman–Crippen LogP) is 1.45. The average Bonchev–Trinajstić information content (AvgIpc) is 2.16. The first-order valence-corrected chi connectivity index (χ1v) is 6.68. The summed E-state index contributed by atoms with van der Waals surface area (Å²) in [6.45, 7) is 9.65. The number of aliphatic hydroxyl groups is 1. The van der Waals surface area contributed by atoms with Gasteiger partial charge in [0.15, 0.2) is 0 Å². The Hall–Kier alpha value is -0.120. The van der Waals surface area contributed by atoms with E-state index in [1.54, 1.807) is 0 Å². The summed E-state index contributed by atoms with van der Waals surface area (Å²) in [4.78, 5) is 2.45. The van der Waals surface area contributed by atoms with Crippen LogP contribution in [0, 0.1) is 11.8 Å². The molecule has 0 spiro atoms. The first kappa shape index (κ1) is 13.9. The van der Waals surface area contributed by atoms with E-state index in [4.69, 9.17) is 5.73 Å². The van der Waals surface area contributed by atoms with Crippen molar-refractivity contribution < 1.29 is 5.11 Å². The van der Waals surface area contributed by atoms with Crippen LogP contribution in [-0.2, 0) is 0 Å². The number of nitrogens with two attached hydrogens (primary N) is 1. The van der Waals surface area contributed by atoms with Crippen molar-refractivity contribution in [2.45, 2.75) is 52.2 Å². The molecule has 3 unspecified atom stereocenters. The first-order chi connectivity index (χ1) is 7.52. The predicted molar refractivity (Wildman–Crippen MR) is 68.3 cm³/mol. The summed E-state index contributed by atoms with van der Waals surface area (Å²) < 4.78 is 0. The van der Waals surface area contributed by atoms with Crippen LogP contribution in [0.15, 0.2) is 0 Å². The Morgan fingerprint density at radius 1 is 1.38 bits per heavy atom. The van der Waals surface area contributed by atoms with Crippen LogP contribution >= 0.6 is 0 Å². The molecule has 0 amide bonds. The molecule has 1 heterocycles. The molecule has 3 heteroatoms. The maximum absolute atomic E-state index is 9.92. The van der Waals surface area contributed by atoms with Crippen LogP contribution in [0.1, 0.15) is 40.0 Å². The zero-order valence-electron chi connectivity index (χ0n) is 11.0. The van der Waals surface area contributed by atoms with Gasteiger partial charge in [-0.25, -0.2) is 0 Å². The van der Waals surface area contributed by atoms with Crippen molar-refractivity contribution in [2.75, 3.05) is 19.6 Å². The Morgan fingerprint density at radius 3 is 2.62 bits per heavy atom. The van der Waals surface area contributed by atoms with E-state index in [9.17, 15) is 5.11 Å². The molecule has 1 aliphatic rings. The minimum atomic E-state index is -0.168. The summed E-state index contributed by atoms with van der Waals surface area (Å²) in [7, 11) is 0. The van der Waals surface area contributed by atoms with E-state index in [0.29, 0.717) is 17.9 Å². The van der Waals surface area contributed by atoms with Crippen molar-refractivity contribution in [1.82, 2.24) is 4.90 Å². The minimum Gasteiger partial charge on any atom is -0.393 e. The van der Waals surface area contributed by atoms with Gasteiger partial charge in [-0.05, 0) is 37.6 Å². The first-order valence-electron chi connectivity index (χ1n) is 6.68. The molecule has 3 nitrogen and oxygen atoms in total. The maximum atomic E-state index is 9.92. The van der Waals surface area contributed by atoms with E-state index in [2.05, 4.69) is 25.7 Å². The van der Waals surface area contributed by atoms with Gasteiger partial charge in [0.25, 0.3) is 0 Å². The molecule has 1 fully saturated rings. The van der Waals surface area contributed by atoms with Crippen LogP contribution in [-0.4, -0.2) is 41.8 Å². The SMILES string of the molecule is CCCN1CC(N)CC(CC(O)C(C)C)C1. The monoisotopic (exact) mass is 228 g/mol. The molecule has 0 aliphatic carbocycles. The number of rotatable bonds is 5. The van der Waals surface area contributed by atoms with E-state index >= 15 is 0 Å². The number of aliphatic hydroxyl groups excluding tert-OH is 1. The molecule has 0 aromatic heterocycles. The molecular formula is C13H28N2O. The Balaban J connectivity index is 2.41. The molecule has 96 valence electrons. The molecule has 0 aromatic carbocycles. The standard InChI is InChI=1S/C13H28N2O/c1-4-5-15-8-11(6-12(14)9-15)7-13(16)10(2)3/h10-13,16H,4-9,14H2,1-3H3. The summed E-state index contributed by atoms with van der Waals surface area (Å²) in [5.74, 6) is 0.936. The lowest BCUT2D eigenvalue weighted by Crippen LogP contribution is -2.48. The second-order valence-corrected chi connectivity index (χ2v) is 5.67. The molecule has 0 aromatic rings. The van der Waals surface area contributed by atoms with Crippen molar-refractivity contribution in [3.63, 3.8) is 0 Å². The Bertz CT molecular complexity index is 196. The van der Waals surface area contributed by atoms with Crippen molar-refractivity contribution in [2.24, 2.45) is 17.6 Å². The van der Waals surface area contributed by atoms with E-state index in [1.807, 2.05) is 0 Å². The molecule has 16 heavy (non-hydrogen) atoms. The highest BCUT2D eigenvalue weighted by Gasteiger charge is 2.26. The Kier molecular flexibility index (Phi) is 5.73. The van der Waals surface area contributed by atoms with Gasteiger partial charge < -0.3 is 15.7 Å². The van der Waals surface area contributed by atoms with Crippen molar-refractivity contribution in [3.8, 4) is 0 Å². The van der Waals surface area contributed by atoms with Crippen molar-refractivity contribution in [1.29, 1.82) is 0 Å². The maximum Gasteiger partial charge on any atom is 0.0566 e. The second kappa shape index (κ2) is 6.58. The number of hydrogen-bond acceptors (Lipinski definition) is 3. The van der Waals surface area contributed by atoms with Gasteiger partial charge in [-0.1, -0.05) is 20.8 Å². The van der Waals surface area contributed by atoms with Crippen LogP contribution in [0.3, 0.4) is 0 Å². The Labute approximate surface area is 100 Å². The highest BCUT2D eigenvalue weighted by atomic mass is 16.3. The fourth-order valence-electron chi connectivity index (χ4n) is 2.63. The quantitative estimate of drug-likeness (QED) is 0.749. The largest absolute Gasteiger partial charge is 0.393 e. The summed E-state index contributed by atoms with van der Waals surface area (Å²) >= 11 is 0. The third-order valence-corrected chi connectivity index (χ3v) is 3.53. The summed E-state index contributed by atoms with van der Waals surface area (Å²) in [5.41, 5.74) is 6.07. The zero-order valence-corrected chi connectivity index (χ0v) is 11.0. The molecule has 1 aliphatic heterocycles. The van der Waals surface area contributed by atoms with Crippen LogP contribution in [0.5, 0.6) is 0 Å². The molecule has 1 rings (SSSR count). The van der Waals surface area contributed by atoms with E-state index in [0.717, 1.165) is 32.5 Å². The molecule has 3 atom stereocenters. The van der Waals surface area contributed by atoms with Crippen molar-refractivity contribution >= 4 is 0 Å².